The van der Waals surface area contributed by atoms with Crippen LogP contribution >= 0.6 is 0 Å². The van der Waals surface area contributed by atoms with Crippen LogP contribution in [0.1, 0.15) is 0 Å². The standard InChI is InChI=1S/C18H16N2/c19-17-15(13-7-3-1-4-8-13)11-12-16(18(17)20)14-9-5-2-6-10-14/h1-12H,19-20H2. The molecule has 0 unspecified atom stereocenters. The molecular weight excluding hydrogens is 244 g/mol. The first-order valence-corrected chi connectivity index (χ1v) is 6.56. The molecule has 0 aromatic heterocycles. The topological polar surface area (TPSA) is 52.0 Å². The lowest BCUT2D eigenvalue weighted by Gasteiger charge is -2.13. The largest absolute Gasteiger partial charge is 0.397 e. The Balaban J connectivity index is 2.13. The van der Waals surface area contributed by atoms with Crippen molar-refractivity contribution in [1.29, 1.82) is 0 Å². The van der Waals surface area contributed by atoms with Crippen LogP contribution in [0.2, 0.25) is 0 Å². The Kier molecular flexibility index (Phi) is 3.13. The Hall–Kier alpha value is -2.74. The van der Waals surface area contributed by atoms with Gasteiger partial charge in [0.05, 0.1) is 11.4 Å². The van der Waals surface area contributed by atoms with Gasteiger partial charge in [-0.2, -0.15) is 0 Å². The molecule has 0 spiro atoms. The first-order valence-electron chi connectivity index (χ1n) is 6.56. The molecule has 3 aromatic rings. The summed E-state index contributed by atoms with van der Waals surface area (Å²) in [4.78, 5) is 0. The molecule has 4 N–H and O–H groups in total. The summed E-state index contributed by atoms with van der Waals surface area (Å²) in [6.07, 6.45) is 0. The molecule has 0 aliphatic heterocycles. The van der Waals surface area contributed by atoms with Gasteiger partial charge in [-0.15, -0.1) is 0 Å². The number of hydrogen-bond acceptors (Lipinski definition) is 2. The SMILES string of the molecule is Nc1c(-c2ccccc2)ccc(-c2ccccc2)c1N. The number of nitrogens with two attached hydrogens (primary N) is 2. The summed E-state index contributed by atoms with van der Waals surface area (Å²) in [7, 11) is 0. The van der Waals surface area contributed by atoms with Gasteiger partial charge in [0.1, 0.15) is 0 Å². The maximum atomic E-state index is 6.23. The smallest absolute Gasteiger partial charge is 0.0633 e. The predicted octanol–water partition coefficient (Wildman–Crippen LogP) is 4.19. The molecule has 0 heterocycles. The quantitative estimate of drug-likeness (QED) is 0.679. The average molecular weight is 260 g/mol. The van der Waals surface area contributed by atoms with E-state index in [1.54, 1.807) is 0 Å². The van der Waals surface area contributed by atoms with E-state index in [1.807, 2.05) is 72.8 Å². The minimum absolute atomic E-state index is 0.637. The molecular formula is C18H16N2. The molecule has 2 heteroatoms. The molecule has 2 nitrogen and oxygen atoms in total. The van der Waals surface area contributed by atoms with Gasteiger partial charge in [-0.05, 0) is 11.1 Å². The van der Waals surface area contributed by atoms with Gasteiger partial charge < -0.3 is 11.5 Å². The van der Waals surface area contributed by atoms with Crippen molar-refractivity contribution >= 4 is 11.4 Å². The lowest BCUT2D eigenvalue weighted by Crippen LogP contribution is -1.99. The van der Waals surface area contributed by atoms with Crippen LogP contribution in [-0.4, -0.2) is 0 Å². The zero-order valence-corrected chi connectivity index (χ0v) is 11.1. The summed E-state index contributed by atoms with van der Waals surface area (Å²) in [5.41, 5.74) is 17.8. The Morgan fingerprint density at radius 1 is 0.450 bits per heavy atom. The van der Waals surface area contributed by atoms with Crippen LogP contribution in [0.4, 0.5) is 11.4 Å². The second-order valence-electron chi connectivity index (χ2n) is 4.72. The third-order valence-electron chi connectivity index (χ3n) is 3.46. The van der Waals surface area contributed by atoms with Gasteiger partial charge in [0.15, 0.2) is 0 Å². The lowest BCUT2D eigenvalue weighted by molar-refractivity contribution is 1.58. The zero-order valence-electron chi connectivity index (χ0n) is 11.1. The van der Waals surface area contributed by atoms with E-state index in [-0.39, 0.29) is 0 Å². The number of hydrogen-bond donors (Lipinski definition) is 2. The zero-order chi connectivity index (χ0) is 13.9. The highest BCUT2D eigenvalue weighted by atomic mass is 14.7. The molecule has 20 heavy (non-hydrogen) atoms. The van der Waals surface area contributed by atoms with Gasteiger partial charge in [0.2, 0.25) is 0 Å². The van der Waals surface area contributed by atoms with Crippen LogP contribution in [0.25, 0.3) is 22.3 Å². The van der Waals surface area contributed by atoms with Crippen molar-refractivity contribution in [2.24, 2.45) is 0 Å². The molecule has 0 saturated carbocycles. The Morgan fingerprint density at radius 3 is 1.15 bits per heavy atom. The van der Waals surface area contributed by atoms with Crippen LogP contribution in [0.15, 0.2) is 72.8 Å². The third kappa shape index (κ3) is 2.12. The predicted molar refractivity (Wildman–Crippen MR) is 86.1 cm³/mol. The molecule has 0 aliphatic rings. The van der Waals surface area contributed by atoms with E-state index in [1.165, 1.54) is 0 Å². The summed E-state index contributed by atoms with van der Waals surface area (Å²) >= 11 is 0. The fourth-order valence-corrected chi connectivity index (χ4v) is 2.38. The summed E-state index contributed by atoms with van der Waals surface area (Å²) in [6, 6.07) is 24.2. The van der Waals surface area contributed by atoms with E-state index in [0.29, 0.717) is 11.4 Å². The van der Waals surface area contributed by atoms with Crippen molar-refractivity contribution in [2.75, 3.05) is 11.5 Å². The first kappa shape index (κ1) is 12.3. The van der Waals surface area contributed by atoms with Crippen molar-refractivity contribution in [2.45, 2.75) is 0 Å². The fourth-order valence-electron chi connectivity index (χ4n) is 2.38. The molecule has 98 valence electrons. The highest BCUT2D eigenvalue weighted by molar-refractivity contribution is 5.93. The molecule has 0 aliphatic carbocycles. The van der Waals surface area contributed by atoms with Gasteiger partial charge >= 0.3 is 0 Å². The van der Waals surface area contributed by atoms with Crippen molar-refractivity contribution in [3.8, 4) is 22.3 Å². The highest BCUT2D eigenvalue weighted by Crippen LogP contribution is 2.37. The second-order valence-corrected chi connectivity index (χ2v) is 4.72. The number of benzene rings is 3. The van der Waals surface area contributed by atoms with Gasteiger partial charge in [0.25, 0.3) is 0 Å². The van der Waals surface area contributed by atoms with E-state index in [0.717, 1.165) is 22.3 Å². The van der Waals surface area contributed by atoms with E-state index in [4.69, 9.17) is 11.5 Å². The highest BCUT2D eigenvalue weighted by Gasteiger charge is 2.10. The van der Waals surface area contributed by atoms with Crippen LogP contribution in [0.3, 0.4) is 0 Å². The van der Waals surface area contributed by atoms with E-state index < -0.39 is 0 Å². The van der Waals surface area contributed by atoms with E-state index >= 15 is 0 Å². The number of anilines is 2. The number of rotatable bonds is 2. The van der Waals surface area contributed by atoms with Crippen molar-refractivity contribution in [1.82, 2.24) is 0 Å². The Labute approximate surface area is 118 Å². The molecule has 3 rings (SSSR count). The minimum atomic E-state index is 0.637. The normalized spacial score (nSPS) is 10.4. The van der Waals surface area contributed by atoms with Crippen LogP contribution in [0.5, 0.6) is 0 Å². The first-order chi connectivity index (χ1) is 9.77. The monoisotopic (exact) mass is 260 g/mol. The van der Waals surface area contributed by atoms with Gasteiger partial charge in [0, 0.05) is 11.1 Å². The summed E-state index contributed by atoms with van der Waals surface area (Å²) in [5, 5.41) is 0. The van der Waals surface area contributed by atoms with E-state index in [2.05, 4.69) is 0 Å². The molecule has 0 fully saturated rings. The van der Waals surface area contributed by atoms with E-state index in [9.17, 15) is 0 Å². The lowest BCUT2D eigenvalue weighted by atomic mass is 9.96. The third-order valence-corrected chi connectivity index (χ3v) is 3.46. The van der Waals surface area contributed by atoms with Crippen molar-refractivity contribution in [3.63, 3.8) is 0 Å². The van der Waals surface area contributed by atoms with Crippen molar-refractivity contribution in [3.05, 3.63) is 72.8 Å². The Bertz CT molecular complexity index is 655. The minimum Gasteiger partial charge on any atom is -0.397 e. The maximum absolute atomic E-state index is 6.23. The van der Waals surface area contributed by atoms with Crippen LogP contribution in [-0.2, 0) is 0 Å². The summed E-state index contributed by atoms with van der Waals surface area (Å²) < 4.78 is 0. The number of nitrogen functional groups attached to an aromatic ring is 2. The molecule has 0 amide bonds. The van der Waals surface area contributed by atoms with Crippen LogP contribution in [0, 0.1) is 0 Å². The van der Waals surface area contributed by atoms with Gasteiger partial charge in [-0.25, -0.2) is 0 Å². The Morgan fingerprint density at radius 2 is 0.800 bits per heavy atom. The molecule has 0 bridgehead atoms. The van der Waals surface area contributed by atoms with Gasteiger partial charge in [-0.3, -0.25) is 0 Å². The second kappa shape index (κ2) is 5.10. The maximum Gasteiger partial charge on any atom is 0.0633 e. The summed E-state index contributed by atoms with van der Waals surface area (Å²) in [5.74, 6) is 0. The molecule has 0 radical (unpaired) electrons. The van der Waals surface area contributed by atoms with Crippen LogP contribution < -0.4 is 11.5 Å². The molecule has 3 aromatic carbocycles. The molecule has 0 atom stereocenters. The summed E-state index contributed by atoms with van der Waals surface area (Å²) in [6.45, 7) is 0. The van der Waals surface area contributed by atoms with Gasteiger partial charge in [-0.1, -0.05) is 72.8 Å². The van der Waals surface area contributed by atoms with Crippen molar-refractivity contribution < 1.29 is 0 Å². The average Bonchev–Trinajstić information content (AvgIpc) is 2.52. The molecule has 0 saturated heterocycles. The fraction of sp³-hybridized carbons (Fsp3) is 0.